The first kappa shape index (κ1) is 16.7. The van der Waals surface area contributed by atoms with Crippen molar-refractivity contribution in [2.45, 2.75) is 51.2 Å². The molecule has 1 aromatic rings. The zero-order valence-electron chi connectivity index (χ0n) is 13.4. The predicted octanol–water partition coefficient (Wildman–Crippen LogP) is 3.37. The van der Waals surface area contributed by atoms with Gasteiger partial charge in [-0.3, -0.25) is 0 Å². The molecule has 0 aromatic heterocycles. The van der Waals surface area contributed by atoms with Gasteiger partial charge in [0, 0.05) is 12.5 Å². The Labute approximate surface area is 137 Å². The van der Waals surface area contributed by atoms with Gasteiger partial charge in [-0.05, 0) is 39.2 Å². The van der Waals surface area contributed by atoms with Crippen molar-refractivity contribution in [3.63, 3.8) is 0 Å². The van der Waals surface area contributed by atoms with Gasteiger partial charge in [0.2, 0.25) is 0 Å². The summed E-state index contributed by atoms with van der Waals surface area (Å²) in [7, 11) is 0. The molecule has 1 heterocycles. The van der Waals surface area contributed by atoms with Crippen molar-refractivity contribution in [1.29, 1.82) is 0 Å². The van der Waals surface area contributed by atoms with E-state index in [0.717, 1.165) is 19.4 Å². The Bertz CT molecular complexity index is 525. The summed E-state index contributed by atoms with van der Waals surface area (Å²) in [5, 5.41) is 6.14. The van der Waals surface area contributed by atoms with Gasteiger partial charge < -0.3 is 15.4 Å². The molecule has 1 fully saturated rings. The maximum Gasteiger partial charge on any atom is 0.408 e. The van der Waals surface area contributed by atoms with Gasteiger partial charge >= 0.3 is 6.09 Å². The molecular weight excluding hydrogens is 296 g/mol. The van der Waals surface area contributed by atoms with Crippen LogP contribution in [0.3, 0.4) is 0 Å². The third kappa shape index (κ3) is 4.98. The fourth-order valence-electron chi connectivity index (χ4n) is 2.55. The monoisotopic (exact) mass is 320 g/mol. The predicted molar refractivity (Wildman–Crippen MR) is 92.2 cm³/mol. The topological polar surface area (TPSA) is 50.4 Å². The van der Waals surface area contributed by atoms with E-state index in [2.05, 4.69) is 34.9 Å². The normalized spacial score (nSPS) is 22.4. The van der Waals surface area contributed by atoms with Crippen molar-refractivity contribution in [3.8, 4) is 0 Å². The van der Waals surface area contributed by atoms with Crippen molar-refractivity contribution in [2.24, 2.45) is 0 Å². The number of hydrogen-bond donors (Lipinski definition) is 2. The Morgan fingerprint density at radius 3 is 2.59 bits per heavy atom. The number of rotatable bonds is 2. The number of thiocarbonyl (C=S) groups is 1. The number of hydrogen-bond acceptors (Lipinski definition) is 3. The van der Waals surface area contributed by atoms with Crippen LogP contribution in [0.15, 0.2) is 30.3 Å². The summed E-state index contributed by atoms with van der Waals surface area (Å²) in [5.41, 5.74) is 0.798. The van der Waals surface area contributed by atoms with E-state index in [1.165, 1.54) is 5.56 Å². The highest BCUT2D eigenvalue weighted by Crippen LogP contribution is 2.24. The van der Waals surface area contributed by atoms with Crippen LogP contribution in [0, 0.1) is 0 Å². The van der Waals surface area contributed by atoms with Crippen LogP contribution in [0.5, 0.6) is 0 Å². The molecule has 1 unspecified atom stereocenters. The van der Waals surface area contributed by atoms with Crippen LogP contribution in [-0.2, 0) is 4.74 Å². The summed E-state index contributed by atoms with van der Waals surface area (Å²) >= 11 is 5.40. The smallest absolute Gasteiger partial charge is 0.408 e. The zero-order valence-corrected chi connectivity index (χ0v) is 14.2. The summed E-state index contributed by atoms with van der Waals surface area (Å²) in [4.78, 5) is 12.6. The third-order valence-corrected chi connectivity index (χ3v) is 4.03. The lowest BCUT2D eigenvalue weighted by Gasteiger charge is -2.23. The molecule has 1 aromatic carbocycles. The van der Waals surface area contributed by atoms with Crippen molar-refractivity contribution in [2.75, 3.05) is 6.54 Å². The quantitative estimate of drug-likeness (QED) is 0.820. The number of carbonyl (C=O) groups excluding carboxylic acids is 1. The average Bonchev–Trinajstić information content (AvgIpc) is 2.61. The van der Waals surface area contributed by atoms with E-state index in [4.69, 9.17) is 17.0 Å². The third-order valence-electron chi connectivity index (χ3n) is 3.60. The Hall–Kier alpha value is -1.62. The van der Waals surface area contributed by atoms with Gasteiger partial charge in [0.1, 0.15) is 5.60 Å². The molecule has 120 valence electrons. The molecule has 1 aliphatic heterocycles. The van der Waals surface area contributed by atoms with E-state index in [0.29, 0.717) is 10.9 Å². The van der Waals surface area contributed by atoms with Crippen LogP contribution < -0.4 is 10.6 Å². The Morgan fingerprint density at radius 2 is 1.95 bits per heavy atom. The molecule has 2 N–H and O–H groups in total. The van der Waals surface area contributed by atoms with E-state index in [9.17, 15) is 4.79 Å². The van der Waals surface area contributed by atoms with E-state index in [1.807, 2.05) is 26.8 Å². The molecule has 1 amide bonds. The average molecular weight is 320 g/mol. The minimum Gasteiger partial charge on any atom is -0.444 e. The summed E-state index contributed by atoms with van der Waals surface area (Å²) in [6.45, 7) is 6.35. The first-order chi connectivity index (χ1) is 10.3. The second-order valence-electron chi connectivity index (χ2n) is 6.63. The molecule has 2 atom stereocenters. The zero-order chi connectivity index (χ0) is 16.2. The number of alkyl carbamates (subject to hydrolysis) is 1. The summed E-state index contributed by atoms with van der Waals surface area (Å²) in [6.07, 6.45) is 1.36. The largest absolute Gasteiger partial charge is 0.444 e. The van der Waals surface area contributed by atoms with Gasteiger partial charge in [0.05, 0.1) is 11.0 Å². The van der Waals surface area contributed by atoms with Crippen molar-refractivity contribution < 1.29 is 9.53 Å². The van der Waals surface area contributed by atoms with Gasteiger partial charge in [0.15, 0.2) is 0 Å². The molecule has 2 rings (SSSR count). The molecule has 4 nitrogen and oxygen atoms in total. The fourth-order valence-corrected chi connectivity index (χ4v) is 2.81. The molecule has 22 heavy (non-hydrogen) atoms. The Kier molecular flexibility index (Phi) is 5.40. The number of carbonyl (C=O) groups is 1. The molecule has 1 saturated heterocycles. The number of benzene rings is 1. The summed E-state index contributed by atoms with van der Waals surface area (Å²) in [5.74, 6) is 0.407. The van der Waals surface area contributed by atoms with Crippen molar-refractivity contribution in [3.05, 3.63) is 35.9 Å². The van der Waals surface area contributed by atoms with Crippen molar-refractivity contribution in [1.82, 2.24) is 10.6 Å². The molecule has 1 aliphatic rings. The number of amides is 1. The lowest BCUT2D eigenvalue weighted by atomic mass is 9.94. The maximum atomic E-state index is 11.9. The number of ether oxygens (including phenoxy) is 1. The standard InChI is InChI=1S/C17H24N2O2S/c1-17(2,3)21-16(20)19-14-10-9-13(11-18-15(14)22)12-7-5-4-6-8-12/h4-8,13-14H,9-11H2,1-3H3,(H,18,22)(H,19,20)/t13?,14-/m1/s1. The van der Waals surface area contributed by atoms with Crippen LogP contribution in [0.4, 0.5) is 4.79 Å². The van der Waals surface area contributed by atoms with Crippen LogP contribution >= 0.6 is 12.2 Å². The van der Waals surface area contributed by atoms with Crippen LogP contribution in [0.25, 0.3) is 0 Å². The van der Waals surface area contributed by atoms with Gasteiger partial charge in [-0.1, -0.05) is 42.5 Å². The molecular formula is C17H24N2O2S. The minimum atomic E-state index is -0.504. The molecule has 0 radical (unpaired) electrons. The minimum absolute atomic E-state index is 0.168. The molecule has 0 spiro atoms. The molecule has 5 heteroatoms. The highest BCUT2D eigenvalue weighted by molar-refractivity contribution is 7.80. The van der Waals surface area contributed by atoms with Gasteiger partial charge in [-0.25, -0.2) is 4.79 Å². The lowest BCUT2D eigenvalue weighted by Crippen LogP contribution is -2.46. The van der Waals surface area contributed by atoms with Gasteiger partial charge in [-0.2, -0.15) is 0 Å². The van der Waals surface area contributed by atoms with Crippen LogP contribution in [-0.4, -0.2) is 29.3 Å². The maximum absolute atomic E-state index is 11.9. The van der Waals surface area contributed by atoms with Gasteiger partial charge in [-0.15, -0.1) is 0 Å². The molecule has 0 saturated carbocycles. The van der Waals surface area contributed by atoms with Crippen LogP contribution in [0.2, 0.25) is 0 Å². The Balaban J connectivity index is 1.95. The highest BCUT2D eigenvalue weighted by atomic mass is 32.1. The summed E-state index contributed by atoms with van der Waals surface area (Å²) < 4.78 is 5.30. The first-order valence-corrected chi connectivity index (χ1v) is 8.08. The first-order valence-electron chi connectivity index (χ1n) is 7.67. The molecule has 0 aliphatic carbocycles. The van der Waals surface area contributed by atoms with Gasteiger partial charge in [0.25, 0.3) is 0 Å². The molecule has 0 bridgehead atoms. The van der Waals surface area contributed by atoms with E-state index in [1.54, 1.807) is 0 Å². The van der Waals surface area contributed by atoms with E-state index >= 15 is 0 Å². The lowest BCUT2D eigenvalue weighted by molar-refractivity contribution is 0.0516. The van der Waals surface area contributed by atoms with E-state index < -0.39 is 11.7 Å². The van der Waals surface area contributed by atoms with Crippen molar-refractivity contribution >= 4 is 23.3 Å². The SMILES string of the molecule is CC(C)(C)OC(=O)N[C@@H]1CCC(c2ccccc2)CNC1=S. The Morgan fingerprint density at radius 1 is 1.27 bits per heavy atom. The summed E-state index contributed by atoms with van der Waals surface area (Å²) in [6, 6.07) is 10.2. The second kappa shape index (κ2) is 7.09. The van der Waals surface area contributed by atoms with E-state index in [-0.39, 0.29) is 6.04 Å². The second-order valence-corrected chi connectivity index (χ2v) is 7.07. The fraction of sp³-hybridized carbons (Fsp3) is 0.529. The highest BCUT2D eigenvalue weighted by Gasteiger charge is 2.26. The number of nitrogens with one attached hydrogen (secondary N) is 2. The van der Waals surface area contributed by atoms with Crippen LogP contribution in [0.1, 0.15) is 45.1 Å².